The second-order valence-corrected chi connectivity index (χ2v) is 4.31. The summed E-state index contributed by atoms with van der Waals surface area (Å²) in [4.78, 5) is 10.8. The van der Waals surface area contributed by atoms with E-state index in [4.69, 9.17) is 14.6 Å². The van der Waals surface area contributed by atoms with Gasteiger partial charge in [-0.2, -0.15) is 0 Å². The molecule has 0 spiro atoms. The lowest BCUT2D eigenvalue weighted by atomic mass is 9.90. The van der Waals surface area contributed by atoms with Crippen LogP contribution in [0, 0.1) is 5.92 Å². The normalized spacial score (nSPS) is 49.2. The first-order chi connectivity index (χ1) is 5.97. The molecule has 1 saturated heterocycles. The summed E-state index contributed by atoms with van der Waals surface area (Å²) < 4.78 is 10.9. The highest BCUT2D eigenvalue weighted by atomic mass is 16.7. The molecule has 1 aliphatic heterocycles. The van der Waals surface area contributed by atoms with E-state index in [1.807, 2.05) is 13.8 Å². The number of carboxylic acid groups (broad SMARTS) is 1. The zero-order valence-electron chi connectivity index (χ0n) is 7.87. The van der Waals surface area contributed by atoms with E-state index >= 15 is 0 Å². The number of hydrogen-bond acceptors (Lipinski definition) is 3. The Morgan fingerprint density at radius 1 is 1.31 bits per heavy atom. The minimum absolute atomic E-state index is 0.291. The Morgan fingerprint density at radius 3 is 2.15 bits per heavy atom. The van der Waals surface area contributed by atoms with Crippen molar-refractivity contribution in [3.05, 3.63) is 0 Å². The third kappa shape index (κ3) is 1.09. The number of carboxylic acids is 1. The van der Waals surface area contributed by atoms with Crippen LogP contribution < -0.4 is 0 Å². The van der Waals surface area contributed by atoms with Crippen molar-refractivity contribution in [2.24, 2.45) is 5.92 Å². The Labute approximate surface area is 76.8 Å². The van der Waals surface area contributed by atoms with Crippen molar-refractivity contribution in [2.45, 2.75) is 37.9 Å². The molecule has 0 amide bonds. The molecule has 0 aromatic carbocycles. The molecular formula is C9H14O4. The largest absolute Gasteiger partial charge is 0.481 e. The molecule has 13 heavy (non-hydrogen) atoms. The summed E-state index contributed by atoms with van der Waals surface area (Å²) >= 11 is 0. The van der Waals surface area contributed by atoms with Crippen LogP contribution in [0.4, 0.5) is 0 Å². The number of aliphatic carboxylic acids is 1. The highest BCUT2D eigenvalue weighted by Gasteiger charge is 2.59. The number of hydrogen-bond donors (Lipinski definition) is 1. The second-order valence-electron chi connectivity index (χ2n) is 4.31. The standard InChI is InChI=1S/C9H14O4/c1-8-3-6(7(10)11)4-9(8,2)13-5-12-8/h6H,3-5H2,1-2H3,(H,10,11). The molecule has 0 aromatic rings. The van der Waals surface area contributed by atoms with Crippen LogP contribution in [0.2, 0.25) is 0 Å². The third-order valence-electron chi connectivity index (χ3n) is 3.49. The van der Waals surface area contributed by atoms with Gasteiger partial charge in [-0.3, -0.25) is 4.79 Å². The Balaban J connectivity index is 2.23. The Hall–Kier alpha value is -0.610. The smallest absolute Gasteiger partial charge is 0.306 e. The van der Waals surface area contributed by atoms with Crippen LogP contribution in [-0.2, 0) is 14.3 Å². The van der Waals surface area contributed by atoms with Gasteiger partial charge in [0.25, 0.3) is 0 Å². The lowest BCUT2D eigenvalue weighted by Crippen LogP contribution is -2.41. The van der Waals surface area contributed by atoms with Crippen LogP contribution >= 0.6 is 0 Å². The quantitative estimate of drug-likeness (QED) is 0.663. The van der Waals surface area contributed by atoms with E-state index in [1.165, 1.54) is 0 Å². The lowest BCUT2D eigenvalue weighted by molar-refractivity contribution is -0.143. The van der Waals surface area contributed by atoms with Crippen molar-refractivity contribution < 1.29 is 19.4 Å². The van der Waals surface area contributed by atoms with Crippen LogP contribution in [0.5, 0.6) is 0 Å². The van der Waals surface area contributed by atoms with E-state index in [2.05, 4.69) is 0 Å². The Kier molecular flexibility index (Phi) is 1.69. The molecule has 0 aromatic heterocycles. The summed E-state index contributed by atoms with van der Waals surface area (Å²) in [5.41, 5.74) is -0.813. The van der Waals surface area contributed by atoms with Gasteiger partial charge in [0, 0.05) is 0 Å². The summed E-state index contributed by atoms with van der Waals surface area (Å²) in [5.74, 6) is -1.07. The molecule has 1 heterocycles. The molecule has 2 rings (SSSR count). The molecule has 1 saturated carbocycles. The first-order valence-corrected chi connectivity index (χ1v) is 4.48. The number of carbonyl (C=O) groups is 1. The number of rotatable bonds is 1. The molecule has 0 bridgehead atoms. The van der Waals surface area contributed by atoms with Gasteiger partial charge in [-0.25, -0.2) is 0 Å². The second kappa shape index (κ2) is 2.45. The van der Waals surface area contributed by atoms with Crippen LogP contribution in [0.1, 0.15) is 26.7 Å². The average Bonchev–Trinajstić information content (AvgIpc) is 2.38. The summed E-state index contributed by atoms with van der Waals surface area (Å²) in [7, 11) is 0. The van der Waals surface area contributed by atoms with E-state index in [-0.39, 0.29) is 5.92 Å². The monoisotopic (exact) mass is 186 g/mol. The van der Waals surface area contributed by atoms with Gasteiger partial charge in [-0.1, -0.05) is 0 Å². The van der Waals surface area contributed by atoms with Gasteiger partial charge < -0.3 is 14.6 Å². The van der Waals surface area contributed by atoms with Gasteiger partial charge in [0.15, 0.2) is 0 Å². The van der Waals surface area contributed by atoms with Crippen LogP contribution in [0.15, 0.2) is 0 Å². The molecule has 2 fully saturated rings. The maximum atomic E-state index is 10.8. The van der Waals surface area contributed by atoms with Crippen LogP contribution in [0.25, 0.3) is 0 Å². The van der Waals surface area contributed by atoms with Gasteiger partial charge in [-0.15, -0.1) is 0 Å². The van der Waals surface area contributed by atoms with Crippen LogP contribution in [0.3, 0.4) is 0 Å². The van der Waals surface area contributed by atoms with E-state index in [0.717, 1.165) is 0 Å². The lowest BCUT2D eigenvalue weighted by Gasteiger charge is -2.29. The molecular weight excluding hydrogens is 172 g/mol. The van der Waals surface area contributed by atoms with Crippen molar-refractivity contribution in [3.8, 4) is 0 Å². The minimum atomic E-state index is -0.746. The summed E-state index contributed by atoms with van der Waals surface area (Å²) in [6.07, 6.45) is 1.11. The fourth-order valence-corrected chi connectivity index (χ4v) is 2.33. The predicted molar refractivity (Wildman–Crippen MR) is 44.2 cm³/mol. The topological polar surface area (TPSA) is 55.8 Å². The maximum absolute atomic E-state index is 10.8. The molecule has 1 aliphatic carbocycles. The van der Waals surface area contributed by atoms with E-state index in [9.17, 15) is 4.79 Å². The Morgan fingerprint density at radius 2 is 1.77 bits per heavy atom. The van der Waals surface area contributed by atoms with E-state index in [0.29, 0.717) is 19.6 Å². The molecule has 0 radical (unpaired) electrons. The van der Waals surface area contributed by atoms with Crippen molar-refractivity contribution in [2.75, 3.05) is 6.79 Å². The fraction of sp³-hybridized carbons (Fsp3) is 0.889. The van der Waals surface area contributed by atoms with E-state index < -0.39 is 17.2 Å². The summed E-state index contributed by atoms with van der Waals surface area (Å²) in [5, 5.41) is 8.89. The summed E-state index contributed by atoms with van der Waals surface area (Å²) in [6, 6.07) is 0. The minimum Gasteiger partial charge on any atom is -0.481 e. The van der Waals surface area contributed by atoms with Gasteiger partial charge >= 0.3 is 5.97 Å². The van der Waals surface area contributed by atoms with Crippen molar-refractivity contribution in [1.82, 2.24) is 0 Å². The molecule has 4 heteroatoms. The van der Waals surface area contributed by atoms with E-state index in [1.54, 1.807) is 0 Å². The zero-order valence-corrected chi connectivity index (χ0v) is 7.87. The maximum Gasteiger partial charge on any atom is 0.306 e. The van der Waals surface area contributed by atoms with Gasteiger partial charge in [-0.05, 0) is 26.7 Å². The first kappa shape index (κ1) is 8.97. The predicted octanol–water partition coefficient (Wildman–Crippen LogP) is 1.00. The average molecular weight is 186 g/mol. The third-order valence-corrected chi connectivity index (χ3v) is 3.49. The zero-order chi connectivity index (χ0) is 9.69. The van der Waals surface area contributed by atoms with Gasteiger partial charge in [0.1, 0.15) is 6.79 Å². The molecule has 1 N–H and O–H groups in total. The highest BCUT2D eigenvalue weighted by molar-refractivity contribution is 5.71. The van der Waals surface area contributed by atoms with Crippen molar-refractivity contribution in [1.29, 1.82) is 0 Å². The molecule has 4 nitrogen and oxygen atoms in total. The highest BCUT2D eigenvalue weighted by Crippen LogP contribution is 2.50. The Bertz CT molecular complexity index is 234. The fourth-order valence-electron chi connectivity index (χ4n) is 2.33. The number of ether oxygens (including phenoxy) is 2. The first-order valence-electron chi connectivity index (χ1n) is 4.48. The van der Waals surface area contributed by atoms with Crippen molar-refractivity contribution in [3.63, 3.8) is 0 Å². The summed E-state index contributed by atoms with van der Waals surface area (Å²) in [6.45, 7) is 4.16. The van der Waals surface area contributed by atoms with Crippen molar-refractivity contribution >= 4 is 5.97 Å². The molecule has 74 valence electrons. The molecule has 2 aliphatic rings. The molecule has 2 atom stereocenters. The molecule has 2 unspecified atom stereocenters. The van der Waals surface area contributed by atoms with Gasteiger partial charge in [0.2, 0.25) is 0 Å². The van der Waals surface area contributed by atoms with Crippen LogP contribution in [-0.4, -0.2) is 29.1 Å². The number of fused-ring (bicyclic) bond motifs is 1. The SMILES string of the molecule is CC12CC(C(=O)O)CC1(C)OCO2. The van der Waals surface area contributed by atoms with Gasteiger partial charge in [0.05, 0.1) is 17.1 Å².